The van der Waals surface area contributed by atoms with Gasteiger partial charge in [-0.1, -0.05) is 12.2 Å². The average Bonchev–Trinajstić information content (AvgIpc) is 2.07. The van der Waals surface area contributed by atoms with E-state index in [0.717, 1.165) is 19.8 Å². The minimum atomic E-state index is 0.664. The Bertz CT molecular complexity index is 117. The molecule has 0 aromatic carbocycles. The van der Waals surface area contributed by atoms with Crippen LogP contribution >= 0.6 is 0 Å². The van der Waals surface area contributed by atoms with Crippen LogP contribution in [-0.2, 0) is 4.74 Å². The molecule has 0 saturated carbocycles. The smallest absolute Gasteiger partial charge is 0.0528 e. The molecule has 0 radical (unpaired) electrons. The van der Waals surface area contributed by atoms with Gasteiger partial charge in [-0.15, -0.1) is 0 Å². The van der Waals surface area contributed by atoms with Crippen molar-refractivity contribution in [2.45, 2.75) is 12.8 Å². The van der Waals surface area contributed by atoms with E-state index in [0.29, 0.717) is 5.92 Å². The molecular weight excluding hydrogens is 138 g/mol. The largest absolute Gasteiger partial charge is 0.381 e. The van der Waals surface area contributed by atoms with E-state index in [1.807, 2.05) is 7.05 Å². The van der Waals surface area contributed by atoms with Crippen molar-refractivity contribution in [3.63, 3.8) is 0 Å². The summed E-state index contributed by atoms with van der Waals surface area (Å²) in [4.78, 5) is 0. The maximum atomic E-state index is 5.34. The Morgan fingerprint density at radius 2 is 2.55 bits per heavy atom. The number of ether oxygens (including phenoxy) is 1. The number of likely N-dealkylation sites (N-methyl/N-ethyl adjacent to an activating group) is 1. The Morgan fingerprint density at radius 1 is 1.64 bits per heavy atom. The first-order chi connectivity index (χ1) is 5.43. The van der Waals surface area contributed by atoms with E-state index in [4.69, 9.17) is 4.74 Å². The van der Waals surface area contributed by atoms with Crippen LogP contribution in [0.1, 0.15) is 12.8 Å². The highest BCUT2D eigenvalue weighted by Crippen LogP contribution is 2.13. The summed E-state index contributed by atoms with van der Waals surface area (Å²) in [5.41, 5.74) is 0. The first-order valence-electron chi connectivity index (χ1n) is 4.32. The van der Waals surface area contributed by atoms with Gasteiger partial charge in [0, 0.05) is 19.1 Å². The summed E-state index contributed by atoms with van der Waals surface area (Å²) in [5, 5.41) is 3.08. The van der Waals surface area contributed by atoms with Crippen LogP contribution in [0.15, 0.2) is 12.2 Å². The Morgan fingerprint density at radius 3 is 3.18 bits per heavy atom. The fraction of sp³-hybridized carbons (Fsp3) is 0.778. The molecule has 1 saturated heterocycles. The molecule has 11 heavy (non-hydrogen) atoms. The molecule has 0 amide bonds. The zero-order chi connectivity index (χ0) is 7.94. The third-order valence-corrected chi connectivity index (χ3v) is 1.93. The number of nitrogens with one attached hydrogen (secondary N) is 1. The predicted molar refractivity (Wildman–Crippen MR) is 46.6 cm³/mol. The van der Waals surface area contributed by atoms with E-state index in [2.05, 4.69) is 17.5 Å². The van der Waals surface area contributed by atoms with Gasteiger partial charge in [-0.25, -0.2) is 0 Å². The highest BCUT2D eigenvalue weighted by molar-refractivity contribution is 4.90. The van der Waals surface area contributed by atoms with Crippen molar-refractivity contribution in [1.29, 1.82) is 0 Å². The van der Waals surface area contributed by atoms with Crippen LogP contribution in [0.25, 0.3) is 0 Å². The Labute approximate surface area is 68.6 Å². The zero-order valence-electron chi connectivity index (χ0n) is 7.18. The highest BCUT2D eigenvalue weighted by Gasteiger charge is 2.09. The second-order valence-corrected chi connectivity index (χ2v) is 2.96. The van der Waals surface area contributed by atoms with E-state index in [1.54, 1.807) is 0 Å². The van der Waals surface area contributed by atoms with Gasteiger partial charge in [0.25, 0.3) is 0 Å². The summed E-state index contributed by atoms with van der Waals surface area (Å²) < 4.78 is 5.34. The molecule has 0 aromatic rings. The van der Waals surface area contributed by atoms with Crippen LogP contribution in [0.2, 0.25) is 0 Å². The molecule has 0 aliphatic carbocycles. The van der Waals surface area contributed by atoms with E-state index < -0.39 is 0 Å². The van der Waals surface area contributed by atoms with Crippen LogP contribution in [0.4, 0.5) is 0 Å². The molecule has 1 atom stereocenters. The summed E-state index contributed by atoms with van der Waals surface area (Å²) in [5.74, 6) is 0.664. The quantitative estimate of drug-likeness (QED) is 0.618. The van der Waals surface area contributed by atoms with Crippen molar-refractivity contribution in [2.75, 3.05) is 26.8 Å². The molecular formula is C9H17NO. The second kappa shape index (κ2) is 5.33. The van der Waals surface area contributed by atoms with E-state index in [1.165, 1.54) is 12.8 Å². The van der Waals surface area contributed by atoms with Crippen LogP contribution in [0.5, 0.6) is 0 Å². The lowest BCUT2D eigenvalue weighted by molar-refractivity contribution is 0.0710. The van der Waals surface area contributed by atoms with Gasteiger partial charge in [-0.3, -0.25) is 0 Å². The van der Waals surface area contributed by atoms with Crippen molar-refractivity contribution >= 4 is 0 Å². The third-order valence-electron chi connectivity index (χ3n) is 1.93. The Kier molecular flexibility index (Phi) is 4.24. The number of rotatable bonds is 3. The van der Waals surface area contributed by atoms with Crippen LogP contribution in [0, 0.1) is 5.92 Å². The maximum Gasteiger partial charge on any atom is 0.0528 e. The van der Waals surface area contributed by atoms with Gasteiger partial charge in [0.15, 0.2) is 0 Å². The summed E-state index contributed by atoms with van der Waals surface area (Å²) in [6.07, 6.45) is 6.95. The molecule has 1 aliphatic heterocycles. The third kappa shape index (κ3) is 3.54. The standard InChI is InChI=1S/C9H17NO/c1-10-6-2-4-9-5-3-7-11-8-9/h2,4,9-10H,3,5-8H2,1H3/b4-2+. The Hall–Kier alpha value is -0.340. The molecule has 2 heteroatoms. The van der Waals surface area contributed by atoms with Crippen molar-refractivity contribution in [3.8, 4) is 0 Å². The summed E-state index contributed by atoms with van der Waals surface area (Å²) in [7, 11) is 1.96. The van der Waals surface area contributed by atoms with Crippen LogP contribution in [0.3, 0.4) is 0 Å². The van der Waals surface area contributed by atoms with Gasteiger partial charge in [0.1, 0.15) is 0 Å². The highest BCUT2D eigenvalue weighted by atomic mass is 16.5. The molecule has 1 N–H and O–H groups in total. The Balaban J connectivity index is 2.13. The fourth-order valence-corrected chi connectivity index (χ4v) is 1.30. The van der Waals surface area contributed by atoms with Crippen LogP contribution < -0.4 is 5.32 Å². The number of hydrogen-bond acceptors (Lipinski definition) is 2. The molecule has 1 heterocycles. The predicted octanol–water partition coefficient (Wildman–Crippen LogP) is 1.19. The minimum absolute atomic E-state index is 0.664. The second-order valence-electron chi connectivity index (χ2n) is 2.96. The van der Waals surface area contributed by atoms with Crippen molar-refractivity contribution in [2.24, 2.45) is 5.92 Å². The van der Waals surface area contributed by atoms with Gasteiger partial charge < -0.3 is 10.1 Å². The zero-order valence-corrected chi connectivity index (χ0v) is 7.18. The monoisotopic (exact) mass is 155 g/mol. The van der Waals surface area contributed by atoms with E-state index in [9.17, 15) is 0 Å². The maximum absolute atomic E-state index is 5.34. The lowest BCUT2D eigenvalue weighted by Gasteiger charge is -2.18. The SMILES string of the molecule is CNC/C=C/C1CCCOC1. The lowest BCUT2D eigenvalue weighted by Crippen LogP contribution is -2.15. The molecule has 0 aromatic heterocycles. The molecule has 0 spiro atoms. The molecule has 1 unspecified atom stereocenters. The van der Waals surface area contributed by atoms with Gasteiger partial charge >= 0.3 is 0 Å². The van der Waals surface area contributed by atoms with Gasteiger partial charge in [0.2, 0.25) is 0 Å². The minimum Gasteiger partial charge on any atom is -0.381 e. The first kappa shape index (κ1) is 8.75. The summed E-state index contributed by atoms with van der Waals surface area (Å²) >= 11 is 0. The average molecular weight is 155 g/mol. The molecule has 1 aliphatic rings. The molecule has 64 valence electrons. The molecule has 1 rings (SSSR count). The summed E-state index contributed by atoms with van der Waals surface area (Å²) in [6, 6.07) is 0. The van der Waals surface area contributed by atoms with Crippen molar-refractivity contribution in [1.82, 2.24) is 5.32 Å². The van der Waals surface area contributed by atoms with Crippen molar-refractivity contribution in [3.05, 3.63) is 12.2 Å². The van der Waals surface area contributed by atoms with Gasteiger partial charge in [-0.2, -0.15) is 0 Å². The first-order valence-corrected chi connectivity index (χ1v) is 4.32. The van der Waals surface area contributed by atoms with E-state index >= 15 is 0 Å². The molecule has 1 fully saturated rings. The molecule has 0 bridgehead atoms. The van der Waals surface area contributed by atoms with Gasteiger partial charge in [0.05, 0.1) is 6.61 Å². The molecule has 2 nitrogen and oxygen atoms in total. The lowest BCUT2D eigenvalue weighted by atomic mass is 10.0. The van der Waals surface area contributed by atoms with E-state index in [-0.39, 0.29) is 0 Å². The topological polar surface area (TPSA) is 21.3 Å². The van der Waals surface area contributed by atoms with Crippen molar-refractivity contribution < 1.29 is 4.74 Å². The number of hydrogen-bond donors (Lipinski definition) is 1. The summed E-state index contributed by atoms with van der Waals surface area (Å²) in [6.45, 7) is 2.84. The normalized spacial score (nSPS) is 26.1. The van der Waals surface area contributed by atoms with Gasteiger partial charge in [-0.05, 0) is 19.9 Å². The fourth-order valence-electron chi connectivity index (χ4n) is 1.30. The van der Waals surface area contributed by atoms with Crippen LogP contribution in [-0.4, -0.2) is 26.8 Å².